The van der Waals surface area contributed by atoms with Crippen molar-refractivity contribution in [3.05, 3.63) is 0 Å². The zero-order valence-corrected chi connectivity index (χ0v) is 6.75. The van der Waals surface area contributed by atoms with Crippen LogP contribution in [0.15, 0.2) is 0 Å². The average Bonchev–Trinajstić information content (AvgIpc) is 2.37. The van der Waals surface area contributed by atoms with Crippen LogP contribution in [0.3, 0.4) is 0 Å². The monoisotopic (exact) mass is 158 g/mol. The molecule has 0 heterocycles. The number of aliphatic carboxylic acids is 1. The molecule has 0 aliphatic heterocycles. The fourth-order valence-corrected chi connectivity index (χ4v) is 1.55. The molecule has 1 rings (SSSR count). The minimum atomic E-state index is -0.674. The van der Waals surface area contributed by atoms with E-state index in [-0.39, 0.29) is 12.0 Å². The van der Waals surface area contributed by atoms with E-state index in [0.717, 1.165) is 12.8 Å². The highest BCUT2D eigenvalue weighted by Gasteiger charge is 2.29. The van der Waals surface area contributed by atoms with Crippen molar-refractivity contribution in [3.8, 4) is 0 Å². The van der Waals surface area contributed by atoms with E-state index >= 15 is 0 Å². The first-order chi connectivity index (χ1) is 5.24. The Bertz CT molecular complexity index is 144. The summed E-state index contributed by atoms with van der Waals surface area (Å²) >= 11 is 0. The van der Waals surface area contributed by atoms with E-state index in [1.165, 1.54) is 0 Å². The highest BCUT2D eigenvalue weighted by Crippen LogP contribution is 2.27. The van der Waals surface area contributed by atoms with Crippen LogP contribution in [0.1, 0.15) is 26.2 Å². The van der Waals surface area contributed by atoms with Crippen molar-refractivity contribution in [2.45, 2.75) is 32.3 Å². The van der Waals surface area contributed by atoms with Crippen molar-refractivity contribution in [2.24, 2.45) is 5.92 Å². The van der Waals surface area contributed by atoms with Gasteiger partial charge in [0.05, 0.1) is 12.0 Å². The van der Waals surface area contributed by atoms with Crippen LogP contribution in [0.2, 0.25) is 0 Å². The number of carboxylic acids is 1. The van der Waals surface area contributed by atoms with Gasteiger partial charge in [-0.3, -0.25) is 4.79 Å². The van der Waals surface area contributed by atoms with Gasteiger partial charge in [-0.15, -0.1) is 0 Å². The minimum absolute atomic E-state index is 0.161. The number of hydrogen-bond acceptors (Lipinski definition) is 2. The van der Waals surface area contributed by atoms with Crippen LogP contribution in [0.5, 0.6) is 0 Å². The van der Waals surface area contributed by atoms with E-state index in [0.29, 0.717) is 13.0 Å². The molecule has 1 aliphatic rings. The summed E-state index contributed by atoms with van der Waals surface area (Å²) in [5.74, 6) is -0.834. The molecule has 0 radical (unpaired) electrons. The number of rotatable bonds is 3. The van der Waals surface area contributed by atoms with Gasteiger partial charge in [-0.2, -0.15) is 0 Å². The Morgan fingerprint density at radius 1 is 1.64 bits per heavy atom. The molecule has 1 N–H and O–H groups in total. The highest BCUT2D eigenvalue weighted by molar-refractivity contribution is 5.70. The van der Waals surface area contributed by atoms with E-state index in [1.54, 1.807) is 0 Å². The summed E-state index contributed by atoms with van der Waals surface area (Å²) in [5, 5.41) is 8.64. The van der Waals surface area contributed by atoms with Gasteiger partial charge in [-0.05, 0) is 26.2 Å². The predicted molar refractivity (Wildman–Crippen MR) is 40.4 cm³/mol. The molecule has 1 aliphatic carbocycles. The lowest BCUT2D eigenvalue weighted by Crippen LogP contribution is -2.13. The Labute approximate surface area is 66.4 Å². The molecule has 0 aromatic carbocycles. The van der Waals surface area contributed by atoms with Crippen LogP contribution < -0.4 is 0 Å². The fourth-order valence-electron chi connectivity index (χ4n) is 1.55. The Morgan fingerprint density at radius 3 is 2.82 bits per heavy atom. The predicted octanol–water partition coefficient (Wildman–Crippen LogP) is 1.28. The summed E-state index contributed by atoms with van der Waals surface area (Å²) in [6, 6.07) is 0. The molecule has 0 amide bonds. The molecular weight excluding hydrogens is 144 g/mol. The lowest BCUT2D eigenvalue weighted by molar-refractivity contribution is -0.141. The summed E-state index contributed by atoms with van der Waals surface area (Å²) in [6.45, 7) is 2.63. The van der Waals surface area contributed by atoms with Gasteiger partial charge < -0.3 is 9.84 Å². The second-order valence-corrected chi connectivity index (χ2v) is 2.93. The lowest BCUT2D eigenvalue weighted by Gasteiger charge is -2.08. The standard InChI is InChI=1S/C8H14O3/c1-2-11-7-4-3-6(5-7)8(9)10/h6-7H,2-5H2,1H3,(H,9,10). The van der Waals surface area contributed by atoms with Crippen LogP contribution in [0.4, 0.5) is 0 Å². The summed E-state index contributed by atoms with van der Waals surface area (Å²) < 4.78 is 5.32. The van der Waals surface area contributed by atoms with Gasteiger partial charge in [0, 0.05) is 6.61 Å². The van der Waals surface area contributed by atoms with Gasteiger partial charge in [0.1, 0.15) is 0 Å². The molecule has 11 heavy (non-hydrogen) atoms. The zero-order valence-electron chi connectivity index (χ0n) is 6.75. The van der Waals surface area contributed by atoms with Crippen molar-refractivity contribution >= 4 is 5.97 Å². The largest absolute Gasteiger partial charge is 0.481 e. The molecule has 2 atom stereocenters. The van der Waals surface area contributed by atoms with Crippen molar-refractivity contribution in [1.82, 2.24) is 0 Å². The minimum Gasteiger partial charge on any atom is -0.481 e. The molecule has 0 saturated heterocycles. The van der Waals surface area contributed by atoms with E-state index in [4.69, 9.17) is 9.84 Å². The second kappa shape index (κ2) is 3.72. The third-order valence-corrected chi connectivity index (χ3v) is 2.14. The van der Waals surface area contributed by atoms with Gasteiger partial charge in [-0.25, -0.2) is 0 Å². The number of carbonyl (C=O) groups is 1. The summed E-state index contributed by atoms with van der Waals surface area (Å²) in [6.07, 6.45) is 2.58. The second-order valence-electron chi connectivity index (χ2n) is 2.93. The zero-order chi connectivity index (χ0) is 8.27. The van der Waals surface area contributed by atoms with Gasteiger partial charge in [0.25, 0.3) is 0 Å². The first-order valence-corrected chi connectivity index (χ1v) is 4.08. The van der Waals surface area contributed by atoms with Crippen molar-refractivity contribution < 1.29 is 14.6 Å². The molecule has 0 spiro atoms. The highest BCUT2D eigenvalue weighted by atomic mass is 16.5. The first-order valence-electron chi connectivity index (χ1n) is 4.08. The molecule has 1 saturated carbocycles. The Balaban J connectivity index is 2.29. The van der Waals surface area contributed by atoms with E-state index < -0.39 is 5.97 Å². The third kappa shape index (κ3) is 2.19. The summed E-state index contributed by atoms with van der Waals surface area (Å²) in [4.78, 5) is 10.5. The van der Waals surface area contributed by atoms with Gasteiger partial charge in [0.15, 0.2) is 0 Å². The maximum Gasteiger partial charge on any atom is 0.306 e. The van der Waals surface area contributed by atoms with Crippen molar-refractivity contribution in [1.29, 1.82) is 0 Å². The van der Waals surface area contributed by atoms with Crippen molar-refractivity contribution in [2.75, 3.05) is 6.61 Å². The molecular formula is C8H14O3. The van der Waals surface area contributed by atoms with E-state index in [1.807, 2.05) is 6.92 Å². The average molecular weight is 158 g/mol. The first kappa shape index (κ1) is 8.53. The maximum atomic E-state index is 10.5. The molecule has 0 aromatic heterocycles. The SMILES string of the molecule is CCOC1CCC(C(=O)O)C1. The molecule has 0 bridgehead atoms. The Hall–Kier alpha value is -0.570. The van der Waals surface area contributed by atoms with E-state index in [9.17, 15) is 4.79 Å². The van der Waals surface area contributed by atoms with Crippen LogP contribution in [-0.2, 0) is 9.53 Å². The van der Waals surface area contributed by atoms with Crippen LogP contribution in [0.25, 0.3) is 0 Å². The lowest BCUT2D eigenvalue weighted by atomic mass is 10.1. The van der Waals surface area contributed by atoms with Crippen LogP contribution >= 0.6 is 0 Å². The van der Waals surface area contributed by atoms with Gasteiger partial charge >= 0.3 is 5.97 Å². The summed E-state index contributed by atoms with van der Waals surface area (Å²) in [7, 11) is 0. The van der Waals surface area contributed by atoms with Crippen LogP contribution in [-0.4, -0.2) is 23.8 Å². The molecule has 1 fully saturated rings. The smallest absolute Gasteiger partial charge is 0.306 e. The molecule has 3 heteroatoms. The van der Waals surface area contributed by atoms with Crippen LogP contribution in [0, 0.1) is 5.92 Å². The molecule has 3 nitrogen and oxygen atoms in total. The van der Waals surface area contributed by atoms with Gasteiger partial charge in [-0.1, -0.05) is 0 Å². The molecule has 64 valence electrons. The van der Waals surface area contributed by atoms with Crippen molar-refractivity contribution in [3.63, 3.8) is 0 Å². The molecule has 2 unspecified atom stereocenters. The topological polar surface area (TPSA) is 46.5 Å². The number of hydrogen-bond donors (Lipinski definition) is 1. The number of carboxylic acid groups (broad SMARTS) is 1. The normalized spacial score (nSPS) is 30.6. The Morgan fingerprint density at radius 2 is 2.36 bits per heavy atom. The maximum absolute atomic E-state index is 10.5. The Kier molecular flexibility index (Phi) is 2.88. The van der Waals surface area contributed by atoms with E-state index in [2.05, 4.69) is 0 Å². The summed E-state index contributed by atoms with van der Waals surface area (Å²) in [5.41, 5.74) is 0. The molecule has 0 aromatic rings. The fraction of sp³-hybridized carbons (Fsp3) is 0.875. The third-order valence-electron chi connectivity index (χ3n) is 2.14. The number of ether oxygens (including phenoxy) is 1. The quantitative estimate of drug-likeness (QED) is 0.673. The van der Waals surface area contributed by atoms with Gasteiger partial charge in [0.2, 0.25) is 0 Å².